The molecular formula is C26H31BrClN3O6. The lowest BCUT2D eigenvalue weighted by Gasteiger charge is -2.40. The SMILES string of the molecule is CC(Oc1c(Br)cc(C2CN(C(=O)OC(C)(C)C)C2)cc1[N+](=O)[O-])c1c(C2CCOCC2)ccnc1Cl. The molecule has 9 nitrogen and oxygen atoms in total. The van der Waals surface area contributed by atoms with Crippen LogP contribution in [-0.4, -0.2) is 52.8 Å². The van der Waals surface area contributed by atoms with Gasteiger partial charge in [-0.2, -0.15) is 0 Å². The maximum Gasteiger partial charge on any atom is 0.410 e. The summed E-state index contributed by atoms with van der Waals surface area (Å²) in [6.07, 6.45) is 2.43. The molecule has 2 fully saturated rings. The van der Waals surface area contributed by atoms with E-state index in [0.717, 1.165) is 29.5 Å². The minimum atomic E-state index is -0.582. The van der Waals surface area contributed by atoms with Crippen LogP contribution in [-0.2, 0) is 9.47 Å². The van der Waals surface area contributed by atoms with E-state index in [4.69, 9.17) is 25.8 Å². The fourth-order valence-corrected chi connectivity index (χ4v) is 5.60. The lowest BCUT2D eigenvalue weighted by atomic mass is 9.88. The van der Waals surface area contributed by atoms with Gasteiger partial charge in [0.15, 0.2) is 0 Å². The third kappa shape index (κ3) is 6.35. The van der Waals surface area contributed by atoms with Crippen molar-refractivity contribution in [1.82, 2.24) is 9.88 Å². The number of hydrogen-bond donors (Lipinski definition) is 0. The third-order valence-electron chi connectivity index (χ3n) is 6.59. The summed E-state index contributed by atoms with van der Waals surface area (Å²) >= 11 is 10.0. The van der Waals surface area contributed by atoms with Gasteiger partial charge in [-0.25, -0.2) is 9.78 Å². The van der Waals surface area contributed by atoms with Gasteiger partial charge in [-0.1, -0.05) is 11.6 Å². The molecule has 1 aromatic carbocycles. The second-order valence-electron chi connectivity index (χ2n) is 10.4. The highest BCUT2D eigenvalue weighted by atomic mass is 79.9. The van der Waals surface area contributed by atoms with Crippen LogP contribution in [0.5, 0.6) is 5.75 Å². The van der Waals surface area contributed by atoms with Crippen molar-refractivity contribution in [2.45, 2.75) is 64.1 Å². The average Bonchev–Trinajstić information content (AvgIpc) is 2.78. The van der Waals surface area contributed by atoms with Gasteiger partial charge < -0.3 is 19.1 Å². The van der Waals surface area contributed by atoms with Gasteiger partial charge in [-0.05, 0) is 85.6 Å². The molecule has 0 spiro atoms. The van der Waals surface area contributed by atoms with Crippen LogP contribution in [0.15, 0.2) is 28.9 Å². The number of halogens is 2. The van der Waals surface area contributed by atoms with Gasteiger partial charge in [0, 0.05) is 50.0 Å². The van der Waals surface area contributed by atoms with Gasteiger partial charge >= 0.3 is 11.8 Å². The number of likely N-dealkylation sites (tertiary alicyclic amines) is 1. The van der Waals surface area contributed by atoms with Crippen LogP contribution in [0, 0.1) is 10.1 Å². The van der Waals surface area contributed by atoms with Crippen LogP contribution in [0.3, 0.4) is 0 Å². The molecular weight excluding hydrogens is 566 g/mol. The summed E-state index contributed by atoms with van der Waals surface area (Å²) in [5.41, 5.74) is 1.78. The van der Waals surface area contributed by atoms with Crippen LogP contribution in [0.1, 0.15) is 75.2 Å². The second-order valence-corrected chi connectivity index (χ2v) is 11.7. The highest BCUT2D eigenvalue weighted by Crippen LogP contribution is 2.44. The van der Waals surface area contributed by atoms with E-state index >= 15 is 0 Å². The number of nitro groups is 1. The molecule has 0 radical (unpaired) electrons. The van der Waals surface area contributed by atoms with Crippen LogP contribution < -0.4 is 4.74 Å². The van der Waals surface area contributed by atoms with Crippen molar-refractivity contribution in [2.75, 3.05) is 26.3 Å². The molecule has 0 N–H and O–H groups in total. The van der Waals surface area contributed by atoms with E-state index in [1.807, 2.05) is 39.8 Å². The lowest BCUT2D eigenvalue weighted by molar-refractivity contribution is -0.386. The number of aromatic nitrogens is 1. The molecule has 2 aliphatic heterocycles. The van der Waals surface area contributed by atoms with Crippen LogP contribution in [0.4, 0.5) is 10.5 Å². The number of carbonyl (C=O) groups excluding carboxylic acids is 1. The Balaban J connectivity index is 1.55. The molecule has 11 heteroatoms. The number of nitro benzene ring substituents is 1. The molecule has 1 amide bonds. The Bertz CT molecular complexity index is 1180. The van der Waals surface area contributed by atoms with Crippen LogP contribution >= 0.6 is 27.5 Å². The molecule has 1 atom stereocenters. The first-order valence-corrected chi connectivity index (χ1v) is 13.5. The van der Waals surface area contributed by atoms with E-state index in [9.17, 15) is 14.9 Å². The number of ether oxygens (including phenoxy) is 3. The van der Waals surface area contributed by atoms with E-state index in [2.05, 4.69) is 20.9 Å². The summed E-state index contributed by atoms with van der Waals surface area (Å²) in [6, 6.07) is 5.28. The van der Waals surface area contributed by atoms with Gasteiger partial charge in [-0.3, -0.25) is 10.1 Å². The lowest BCUT2D eigenvalue weighted by Crippen LogP contribution is -2.50. The molecule has 0 bridgehead atoms. The average molecular weight is 597 g/mol. The van der Waals surface area contributed by atoms with Crippen molar-refractivity contribution < 1.29 is 23.9 Å². The monoisotopic (exact) mass is 595 g/mol. The fraction of sp³-hybridized carbons (Fsp3) is 0.538. The Morgan fingerprint density at radius 2 is 1.95 bits per heavy atom. The molecule has 2 saturated heterocycles. The zero-order valence-electron chi connectivity index (χ0n) is 21.3. The van der Waals surface area contributed by atoms with Gasteiger partial charge in [0.1, 0.15) is 16.9 Å². The van der Waals surface area contributed by atoms with Gasteiger partial charge in [-0.15, -0.1) is 0 Å². The van der Waals surface area contributed by atoms with E-state index in [-0.39, 0.29) is 29.4 Å². The third-order valence-corrected chi connectivity index (χ3v) is 7.48. The van der Waals surface area contributed by atoms with Crippen LogP contribution in [0.25, 0.3) is 0 Å². The Morgan fingerprint density at radius 1 is 1.27 bits per heavy atom. The maximum absolute atomic E-state index is 12.3. The Labute approximate surface area is 229 Å². The molecule has 200 valence electrons. The van der Waals surface area contributed by atoms with E-state index < -0.39 is 16.6 Å². The summed E-state index contributed by atoms with van der Waals surface area (Å²) in [4.78, 5) is 29.7. The quantitative estimate of drug-likeness (QED) is 0.206. The van der Waals surface area contributed by atoms with Crippen molar-refractivity contribution >= 4 is 39.3 Å². The number of nitrogens with zero attached hydrogens (tertiary/aromatic N) is 3. The topological polar surface area (TPSA) is 104 Å². The molecule has 3 heterocycles. The smallest absolute Gasteiger partial charge is 0.410 e. The maximum atomic E-state index is 12.3. The molecule has 2 aliphatic rings. The highest BCUT2D eigenvalue weighted by Gasteiger charge is 2.36. The standard InChI is InChI=1S/C26H31BrClN3O6/c1-15(22-19(5-8-29-24(22)28)16-6-9-35-10-7-16)36-23-20(27)11-17(12-21(23)31(33)34)18-13-30(14-18)25(32)37-26(2,3)4/h5,8,11-12,15-16,18H,6-7,9-10,13-14H2,1-4H3. The molecule has 4 rings (SSSR count). The van der Waals surface area contributed by atoms with E-state index in [1.54, 1.807) is 11.1 Å². The molecule has 1 unspecified atom stereocenters. The summed E-state index contributed by atoms with van der Waals surface area (Å²) in [6.45, 7) is 9.45. The zero-order valence-corrected chi connectivity index (χ0v) is 23.7. The zero-order chi connectivity index (χ0) is 26.9. The molecule has 2 aromatic rings. The first kappa shape index (κ1) is 27.6. The van der Waals surface area contributed by atoms with Crippen molar-refractivity contribution in [3.63, 3.8) is 0 Å². The molecule has 1 aromatic heterocycles. The number of carbonyl (C=O) groups is 1. The minimum Gasteiger partial charge on any atom is -0.478 e. The fourth-order valence-electron chi connectivity index (χ4n) is 4.72. The van der Waals surface area contributed by atoms with Crippen molar-refractivity contribution in [1.29, 1.82) is 0 Å². The van der Waals surface area contributed by atoms with Crippen molar-refractivity contribution in [3.8, 4) is 5.75 Å². The largest absolute Gasteiger partial charge is 0.478 e. The van der Waals surface area contributed by atoms with Crippen LogP contribution in [0.2, 0.25) is 5.15 Å². The normalized spacial score (nSPS) is 17.7. The summed E-state index contributed by atoms with van der Waals surface area (Å²) in [7, 11) is 0. The minimum absolute atomic E-state index is 0.0399. The number of pyridine rings is 1. The first-order chi connectivity index (χ1) is 17.4. The first-order valence-electron chi connectivity index (χ1n) is 12.3. The Hall–Kier alpha value is -2.43. The Morgan fingerprint density at radius 3 is 2.57 bits per heavy atom. The van der Waals surface area contributed by atoms with Crippen molar-refractivity contribution in [3.05, 3.63) is 60.8 Å². The van der Waals surface area contributed by atoms with E-state index in [0.29, 0.717) is 35.9 Å². The Kier molecular flexibility index (Phi) is 8.30. The predicted octanol–water partition coefficient (Wildman–Crippen LogP) is 6.77. The van der Waals surface area contributed by atoms with Gasteiger partial charge in [0.05, 0.1) is 9.40 Å². The summed E-state index contributed by atoms with van der Waals surface area (Å²) < 4.78 is 17.6. The van der Waals surface area contributed by atoms with Gasteiger partial charge in [0.25, 0.3) is 0 Å². The molecule has 0 aliphatic carbocycles. The summed E-state index contributed by atoms with van der Waals surface area (Å²) in [5, 5.41) is 12.4. The molecule has 0 saturated carbocycles. The van der Waals surface area contributed by atoms with Crippen molar-refractivity contribution in [2.24, 2.45) is 0 Å². The van der Waals surface area contributed by atoms with E-state index in [1.165, 1.54) is 6.07 Å². The number of benzene rings is 1. The predicted molar refractivity (Wildman–Crippen MR) is 142 cm³/mol. The second kappa shape index (κ2) is 11.1. The molecule has 37 heavy (non-hydrogen) atoms. The number of rotatable bonds is 6. The highest BCUT2D eigenvalue weighted by molar-refractivity contribution is 9.10. The number of hydrogen-bond acceptors (Lipinski definition) is 7. The summed E-state index contributed by atoms with van der Waals surface area (Å²) in [5.74, 6) is 0.340. The number of amides is 1. The van der Waals surface area contributed by atoms with Gasteiger partial charge in [0.2, 0.25) is 5.75 Å².